The molecule has 0 bridgehead atoms. The summed E-state index contributed by atoms with van der Waals surface area (Å²) in [5.74, 6) is 0. The summed E-state index contributed by atoms with van der Waals surface area (Å²) in [6.07, 6.45) is 0. The molecule has 0 fully saturated rings. The van der Waals surface area contributed by atoms with Gasteiger partial charge in [0.2, 0.25) is 0 Å². The van der Waals surface area contributed by atoms with Crippen molar-refractivity contribution in [1.29, 1.82) is 0 Å². The van der Waals surface area contributed by atoms with Crippen LogP contribution in [-0.4, -0.2) is 4.66 Å². The smallest absolute Gasteiger partial charge is 0.282 e. The molecule has 1 N–H and O–H groups in total. The van der Waals surface area contributed by atoms with Gasteiger partial charge in [-0.15, -0.1) is 0 Å². The summed E-state index contributed by atoms with van der Waals surface area (Å²) >= 11 is 0. The van der Waals surface area contributed by atoms with Crippen molar-refractivity contribution in [2.45, 2.75) is 0 Å². The summed E-state index contributed by atoms with van der Waals surface area (Å²) in [7, 11) is -2.60. The van der Waals surface area contributed by atoms with E-state index in [1.165, 1.54) is 0 Å². The van der Waals surface area contributed by atoms with Crippen molar-refractivity contribution in [3.63, 3.8) is 0 Å². The van der Waals surface area contributed by atoms with Gasteiger partial charge in [0, 0.05) is 22.0 Å². The molecule has 0 saturated carbocycles. The second-order valence-electron chi connectivity index (χ2n) is 0.201. The van der Waals surface area contributed by atoms with Crippen LogP contribution in [0, 0.1) is 10.8 Å². The van der Waals surface area contributed by atoms with Gasteiger partial charge in [-0.1, -0.05) is 0 Å². The van der Waals surface area contributed by atoms with Crippen LogP contribution in [-0.2, 0) is 17.4 Å². The summed E-state index contributed by atoms with van der Waals surface area (Å²) in [6.45, 7) is 0. The average Bonchev–Trinajstić information content (AvgIpc) is 0.811. The Morgan fingerprint density at radius 3 is 1.40 bits per heavy atom. The average molecular weight is 136 g/mol. The molecule has 3 nitrogen and oxygen atoms in total. The van der Waals surface area contributed by atoms with E-state index in [1.807, 2.05) is 0 Å². The maximum atomic E-state index is 8.52. The van der Waals surface area contributed by atoms with Gasteiger partial charge >= 0.3 is 0 Å². The first-order valence-electron chi connectivity index (χ1n) is 0.478. The molecule has 0 aromatic rings. The van der Waals surface area contributed by atoms with E-state index in [-0.39, 0.29) is 17.4 Å². The van der Waals surface area contributed by atoms with Crippen molar-refractivity contribution in [1.82, 2.24) is 0 Å². The molecule has 0 aliphatic rings. The van der Waals surface area contributed by atoms with Crippen molar-refractivity contribution in [3.8, 4) is 0 Å². The molecule has 0 aliphatic carbocycles. The largest absolute Gasteiger partial charge is 0.321 e. The van der Waals surface area contributed by atoms with Gasteiger partial charge in [0.1, 0.15) is 0 Å². The molecule has 5 heavy (non-hydrogen) atoms. The standard InChI is InChI=1S/ClHO3.Cr/c2-1(3)4;/h2H;. The van der Waals surface area contributed by atoms with Crippen LogP contribution in [0.15, 0.2) is 0 Å². The fraction of sp³-hybridized carbons (Fsp3) is 0. The van der Waals surface area contributed by atoms with Crippen molar-refractivity contribution < 1.29 is 42.1 Å². The van der Waals surface area contributed by atoms with Crippen LogP contribution in [0.2, 0.25) is 0 Å². The van der Waals surface area contributed by atoms with Crippen LogP contribution < -0.4 is 9.32 Å². The molecule has 0 saturated heterocycles. The third-order valence-electron chi connectivity index (χ3n) is 0. The zero-order valence-electron chi connectivity index (χ0n) is 2.05. The van der Waals surface area contributed by atoms with Gasteiger partial charge in [-0.05, 0) is 0 Å². The molecule has 0 radical (unpaired) electrons. The third kappa shape index (κ3) is 69.6. The Bertz CT molecular complexity index is 11.6. The minimum absolute atomic E-state index is 0. The van der Waals surface area contributed by atoms with Gasteiger partial charge in [0.25, 0.3) is 10.8 Å². The van der Waals surface area contributed by atoms with Gasteiger partial charge in [-0.25, -0.2) is 0 Å². The van der Waals surface area contributed by atoms with Gasteiger partial charge in [0.15, 0.2) is 0 Å². The molecular formula is HClCrO3. The van der Waals surface area contributed by atoms with Crippen molar-refractivity contribution in [3.05, 3.63) is 0 Å². The number of hydrogen-bond acceptors (Lipinski definition) is 3. The van der Waals surface area contributed by atoms with E-state index >= 15 is 0 Å². The van der Waals surface area contributed by atoms with E-state index in [1.54, 1.807) is 0 Å². The van der Waals surface area contributed by atoms with Crippen LogP contribution >= 0.6 is 0 Å². The van der Waals surface area contributed by atoms with E-state index in [4.69, 9.17) is 14.0 Å². The SMILES string of the molecule is [Cr].[O-][Cl+2]([O-])O. The Hall–Kier alpha value is 0.702. The first kappa shape index (κ1) is 9.20. The Labute approximate surface area is 42.8 Å². The molecule has 0 aromatic carbocycles. The van der Waals surface area contributed by atoms with Crippen LogP contribution in [0.5, 0.6) is 0 Å². The monoisotopic (exact) mass is 136 g/mol. The number of halogens is 1. The van der Waals surface area contributed by atoms with E-state index in [0.29, 0.717) is 0 Å². The Balaban J connectivity index is 0. The summed E-state index contributed by atoms with van der Waals surface area (Å²) in [5.41, 5.74) is 0. The van der Waals surface area contributed by atoms with Gasteiger partial charge in [-0.3, -0.25) is 0 Å². The fourth-order valence-corrected chi connectivity index (χ4v) is 0. The maximum Gasteiger partial charge on any atom is 0.282 e. The normalized spacial score (nSPS) is 7.20. The van der Waals surface area contributed by atoms with Crippen molar-refractivity contribution in [2.24, 2.45) is 0 Å². The summed E-state index contributed by atoms with van der Waals surface area (Å²) in [4.78, 5) is 0. The second kappa shape index (κ2) is 4.70. The van der Waals surface area contributed by atoms with Crippen molar-refractivity contribution >= 4 is 0 Å². The topological polar surface area (TPSA) is 66.3 Å². The molecule has 0 aliphatic heterocycles. The Morgan fingerprint density at radius 1 is 1.40 bits per heavy atom. The molecule has 0 atom stereocenters. The van der Waals surface area contributed by atoms with E-state index < -0.39 is 10.8 Å². The number of hydrogen-bond donors (Lipinski definition) is 1. The minimum Gasteiger partial charge on any atom is -0.321 e. The summed E-state index contributed by atoms with van der Waals surface area (Å²) < 4.78 is 24.0. The molecule has 0 heterocycles. The Morgan fingerprint density at radius 2 is 1.40 bits per heavy atom. The van der Waals surface area contributed by atoms with Crippen LogP contribution in [0.1, 0.15) is 0 Å². The molecule has 0 spiro atoms. The minimum atomic E-state index is -2.60. The van der Waals surface area contributed by atoms with E-state index in [9.17, 15) is 0 Å². The van der Waals surface area contributed by atoms with Crippen molar-refractivity contribution in [2.75, 3.05) is 0 Å². The van der Waals surface area contributed by atoms with Gasteiger partial charge in [0.05, 0.1) is 0 Å². The summed E-state index contributed by atoms with van der Waals surface area (Å²) in [5, 5.41) is 0. The molecule has 0 rings (SSSR count). The first-order chi connectivity index (χ1) is 1.73. The van der Waals surface area contributed by atoms with Crippen LogP contribution in [0.25, 0.3) is 0 Å². The predicted octanol–water partition coefficient (Wildman–Crippen LogP) is -2.94. The first-order valence-corrected chi connectivity index (χ1v) is 1.43. The maximum absolute atomic E-state index is 8.52. The fourth-order valence-electron chi connectivity index (χ4n) is 0. The van der Waals surface area contributed by atoms with E-state index in [0.717, 1.165) is 0 Å². The zero-order chi connectivity index (χ0) is 3.58. The molecule has 0 aromatic heterocycles. The molecular weight excluding hydrogens is 135 g/mol. The van der Waals surface area contributed by atoms with E-state index in [2.05, 4.69) is 0 Å². The Kier molecular flexibility index (Phi) is 8.65. The molecule has 0 amide bonds. The second-order valence-corrected chi connectivity index (χ2v) is 0.603. The molecule has 5 heteroatoms. The van der Waals surface area contributed by atoms with Crippen LogP contribution in [0.3, 0.4) is 0 Å². The van der Waals surface area contributed by atoms with Gasteiger partial charge < -0.3 is 9.32 Å². The molecule has 0 unspecified atom stereocenters. The van der Waals surface area contributed by atoms with Crippen LogP contribution in [0.4, 0.5) is 0 Å². The summed E-state index contributed by atoms with van der Waals surface area (Å²) in [6, 6.07) is 0. The quantitative estimate of drug-likeness (QED) is 0.388. The predicted molar refractivity (Wildman–Crippen MR) is 2.22 cm³/mol. The molecule has 32 valence electrons. The van der Waals surface area contributed by atoms with Gasteiger partial charge in [-0.2, -0.15) is 0 Å². The number of rotatable bonds is 0. The zero-order valence-corrected chi connectivity index (χ0v) is 4.08. The third-order valence-corrected chi connectivity index (χ3v) is 0.